The Bertz CT molecular complexity index is 157. The van der Waals surface area contributed by atoms with Crippen molar-refractivity contribution in [3.8, 4) is 0 Å². The van der Waals surface area contributed by atoms with Crippen molar-refractivity contribution in [3.63, 3.8) is 0 Å². The van der Waals surface area contributed by atoms with Gasteiger partial charge in [0.25, 0.3) is 0 Å². The van der Waals surface area contributed by atoms with Gasteiger partial charge in [0.05, 0.1) is 18.8 Å². The van der Waals surface area contributed by atoms with Crippen LogP contribution in [0.15, 0.2) is 0 Å². The largest absolute Gasteiger partial charge is 0.375 e. The molecule has 2 heterocycles. The van der Waals surface area contributed by atoms with Crippen LogP contribution in [0.1, 0.15) is 19.3 Å². The first-order valence-corrected chi connectivity index (χ1v) is 4.22. The Morgan fingerprint density at radius 3 is 3.10 bits per heavy atom. The highest BCUT2D eigenvalue weighted by Crippen LogP contribution is 2.44. The van der Waals surface area contributed by atoms with Crippen LogP contribution in [-0.2, 0) is 9.47 Å². The van der Waals surface area contributed by atoms with Crippen molar-refractivity contribution < 1.29 is 9.47 Å². The van der Waals surface area contributed by atoms with Crippen LogP contribution >= 0.6 is 0 Å². The van der Waals surface area contributed by atoms with Crippen LogP contribution in [0.5, 0.6) is 0 Å². The van der Waals surface area contributed by atoms with E-state index in [2.05, 4.69) is 0 Å². The van der Waals surface area contributed by atoms with E-state index in [1.807, 2.05) is 0 Å². The Morgan fingerprint density at radius 2 is 2.10 bits per heavy atom. The quantitative estimate of drug-likeness (QED) is 0.467. The van der Waals surface area contributed by atoms with Crippen LogP contribution in [0.2, 0.25) is 0 Å². The van der Waals surface area contributed by atoms with Crippen molar-refractivity contribution >= 4 is 0 Å². The normalized spacial score (nSPS) is 57.6. The summed E-state index contributed by atoms with van der Waals surface area (Å²) in [7, 11) is 0. The van der Waals surface area contributed by atoms with E-state index in [0.29, 0.717) is 18.3 Å². The zero-order chi connectivity index (χ0) is 6.55. The van der Waals surface area contributed by atoms with Gasteiger partial charge in [0, 0.05) is 5.92 Å². The Balaban J connectivity index is 1.83. The molecule has 0 aromatic rings. The highest BCUT2D eigenvalue weighted by Gasteiger charge is 2.53. The number of hydrogen-bond donors (Lipinski definition) is 0. The van der Waals surface area contributed by atoms with Gasteiger partial charge in [-0.15, -0.1) is 0 Å². The molecule has 3 rings (SSSR count). The highest BCUT2D eigenvalue weighted by atomic mass is 16.6. The summed E-state index contributed by atoms with van der Waals surface area (Å²) in [5, 5.41) is 0. The minimum absolute atomic E-state index is 0.486. The molecule has 56 valence electrons. The van der Waals surface area contributed by atoms with Crippen LogP contribution in [0.3, 0.4) is 0 Å². The van der Waals surface area contributed by atoms with Gasteiger partial charge in [-0.3, -0.25) is 0 Å². The van der Waals surface area contributed by atoms with Gasteiger partial charge in [0.15, 0.2) is 0 Å². The minimum atomic E-state index is 0.486. The molecule has 1 saturated carbocycles. The van der Waals surface area contributed by atoms with E-state index in [9.17, 15) is 0 Å². The summed E-state index contributed by atoms with van der Waals surface area (Å²) in [6.07, 6.45) is 5.61. The zero-order valence-corrected chi connectivity index (χ0v) is 5.95. The van der Waals surface area contributed by atoms with Crippen molar-refractivity contribution in [1.29, 1.82) is 0 Å². The monoisotopic (exact) mass is 140 g/mol. The van der Waals surface area contributed by atoms with E-state index in [1.165, 1.54) is 19.3 Å². The van der Waals surface area contributed by atoms with E-state index in [4.69, 9.17) is 9.47 Å². The molecule has 0 spiro atoms. The average molecular weight is 140 g/mol. The molecule has 0 radical (unpaired) electrons. The highest BCUT2D eigenvalue weighted by molar-refractivity contribution is 5.00. The summed E-state index contributed by atoms with van der Waals surface area (Å²) < 4.78 is 11.1. The molecule has 1 aliphatic carbocycles. The number of fused-ring (bicyclic) bond motifs is 3. The predicted octanol–water partition coefficient (Wildman–Crippen LogP) is 0.953. The average Bonchev–Trinajstić information content (AvgIpc) is 2.60. The molecule has 3 aliphatic rings. The Morgan fingerprint density at radius 1 is 1.10 bits per heavy atom. The summed E-state index contributed by atoms with van der Waals surface area (Å²) in [4.78, 5) is 0. The van der Waals surface area contributed by atoms with E-state index in [0.717, 1.165) is 12.5 Å². The number of hydrogen-bond acceptors (Lipinski definition) is 2. The second-order valence-electron chi connectivity index (χ2n) is 3.61. The summed E-state index contributed by atoms with van der Waals surface area (Å²) in [5.41, 5.74) is 0. The molecule has 0 unspecified atom stereocenters. The van der Waals surface area contributed by atoms with Crippen LogP contribution in [0.25, 0.3) is 0 Å². The molecule has 2 heteroatoms. The molecular formula is C8H12O2. The van der Waals surface area contributed by atoms with Gasteiger partial charge in [-0.1, -0.05) is 6.42 Å². The van der Waals surface area contributed by atoms with Crippen molar-refractivity contribution in [2.45, 2.75) is 37.6 Å². The maximum atomic E-state index is 5.63. The van der Waals surface area contributed by atoms with Crippen LogP contribution < -0.4 is 0 Å². The third-order valence-electron chi connectivity index (χ3n) is 3.02. The van der Waals surface area contributed by atoms with E-state index in [1.54, 1.807) is 0 Å². The maximum Gasteiger partial charge on any atom is 0.108 e. The van der Waals surface area contributed by atoms with Crippen molar-refractivity contribution in [1.82, 2.24) is 0 Å². The predicted molar refractivity (Wildman–Crippen MR) is 35.7 cm³/mol. The summed E-state index contributed by atoms with van der Waals surface area (Å²) in [6, 6.07) is 0. The van der Waals surface area contributed by atoms with Crippen molar-refractivity contribution in [3.05, 3.63) is 0 Å². The Labute approximate surface area is 60.5 Å². The molecule has 2 aliphatic heterocycles. The first kappa shape index (κ1) is 5.56. The fourth-order valence-electron chi connectivity index (χ4n) is 2.42. The first-order chi connectivity index (χ1) is 4.95. The third-order valence-corrected chi connectivity index (χ3v) is 3.02. The molecule has 0 aromatic carbocycles. The molecule has 0 amide bonds. The molecule has 10 heavy (non-hydrogen) atoms. The second kappa shape index (κ2) is 1.74. The van der Waals surface area contributed by atoms with Crippen molar-refractivity contribution in [2.24, 2.45) is 5.92 Å². The summed E-state index contributed by atoms with van der Waals surface area (Å²) in [6.45, 7) is 0.867. The Hall–Kier alpha value is -0.0800. The molecule has 0 N–H and O–H groups in total. The van der Waals surface area contributed by atoms with Crippen molar-refractivity contribution in [2.75, 3.05) is 6.61 Å². The van der Waals surface area contributed by atoms with E-state index in [-0.39, 0.29) is 0 Å². The van der Waals surface area contributed by atoms with Gasteiger partial charge < -0.3 is 9.47 Å². The van der Waals surface area contributed by atoms with Crippen LogP contribution in [-0.4, -0.2) is 24.9 Å². The van der Waals surface area contributed by atoms with E-state index >= 15 is 0 Å². The van der Waals surface area contributed by atoms with Gasteiger partial charge in [0.1, 0.15) is 6.10 Å². The van der Waals surface area contributed by atoms with E-state index < -0.39 is 0 Å². The maximum absolute atomic E-state index is 5.63. The molecule has 4 atom stereocenters. The lowest BCUT2D eigenvalue weighted by molar-refractivity contribution is 0.00783. The topological polar surface area (TPSA) is 21.8 Å². The molecule has 0 bridgehead atoms. The van der Waals surface area contributed by atoms with Gasteiger partial charge in [-0.25, -0.2) is 0 Å². The lowest BCUT2D eigenvalue weighted by Crippen LogP contribution is -2.31. The van der Waals surface area contributed by atoms with Crippen LogP contribution in [0, 0.1) is 5.92 Å². The molecular weight excluding hydrogens is 128 g/mol. The lowest BCUT2D eigenvalue weighted by atomic mass is 9.97. The molecule has 0 aromatic heterocycles. The lowest BCUT2D eigenvalue weighted by Gasteiger charge is -2.21. The SMILES string of the molecule is C1C[C@@H]2[C@H]3O[C@H]3CO[C@H]2C1. The second-order valence-corrected chi connectivity index (χ2v) is 3.61. The number of epoxide rings is 1. The summed E-state index contributed by atoms with van der Waals surface area (Å²) in [5.74, 6) is 0.763. The fourth-order valence-corrected chi connectivity index (χ4v) is 2.42. The number of rotatable bonds is 0. The third kappa shape index (κ3) is 0.611. The van der Waals surface area contributed by atoms with Crippen LogP contribution in [0.4, 0.5) is 0 Å². The molecule has 2 nitrogen and oxygen atoms in total. The number of ether oxygens (including phenoxy) is 2. The van der Waals surface area contributed by atoms with Gasteiger partial charge in [-0.2, -0.15) is 0 Å². The molecule has 2 saturated heterocycles. The van der Waals surface area contributed by atoms with Gasteiger partial charge >= 0.3 is 0 Å². The van der Waals surface area contributed by atoms with Gasteiger partial charge in [-0.05, 0) is 12.8 Å². The molecule has 3 fully saturated rings. The fraction of sp³-hybridized carbons (Fsp3) is 1.00. The summed E-state index contributed by atoms with van der Waals surface area (Å²) >= 11 is 0. The standard InChI is InChI=1S/C8H12O2/c1-2-5-6(3-1)9-4-7-8(5)10-7/h5-8H,1-4H2/t5-,6-,7-,8+/m0/s1. The van der Waals surface area contributed by atoms with Gasteiger partial charge in [0.2, 0.25) is 0 Å². The smallest absolute Gasteiger partial charge is 0.108 e. The first-order valence-electron chi connectivity index (χ1n) is 4.22. The minimum Gasteiger partial charge on any atom is -0.375 e. The zero-order valence-electron chi connectivity index (χ0n) is 5.95. The Kier molecular flexibility index (Phi) is 0.968.